The highest BCUT2D eigenvalue weighted by molar-refractivity contribution is 7.20. The molecule has 1 aromatic heterocycles. The summed E-state index contributed by atoms with van der Waals surface area (Å²) in [5.74, 6) is -0.384. The Bertz CT molecular complexity index is 535. The highest BCUT2D eigenvalue weighted by Crippen LogP contribution is 2.27. The van der Waals surface area contributed by atoms with Gasteiger partial charge < -0.3 is 5.32 Å². The molecule has 1 heterocycles. The van der Waals surface area contributed by atoms with Crippen LogP contribution in [0.25, 0.3) is 10.1 Å². The Morgan fingerprint density at radius 2 is 2.29 bits per heavy atom. The van der Waals surface area contributed by atoms with Crippen LogP contribution in [0.5, 0.6) is 0 Å². The van der Waals surface area contributed by atoms with Gasteiger partial charge in [-0.3, -0.25) is 4.79 Å². The van der Waals surface area contributed by atoms with Crippen LogP contribution in [-0.4, -0.2) is 12.5 Å². The van der Waals surface area contributed by atoms with Gasteiger partial charge in [-0.05, 0) is 24.6 Å². The van der Waals surface area contributed by atoms with Crippen molar-refractivity contribution < 1.29 is 9.18 Å². The monoisotopic (exact) mass is 251 g/mol. The zero-order chi connectivity index (χ0) is 12.3. The normalized spacial score (nSPS) is 10.7. The van der Waals surface area contributed by atoms with Crippen molar-refractivity contribution >= 4 is 27.3 Å². The van der Waals surface area contributed by atoms with E-state index in [9.17, 15) is 9.18 Å². The SMILES string of the molecule is CCCCNC(=O)c1cc2c(F)cccc2s1. The van der Waals surface area contributed by atoms with Crippen LogP contribution in [0.2, 0.25) is 0 Å². The summed E-state index contributed by atoms with van der Waals surface area (Å²) in [5.41, 5.74) is 0. The molecule has 1 N–H and O–H groups in total. The summed E-state index contributed by atoms with van der Waals surface area (Å²) in [7, 11) is 0. The fraction of sp³-hybridized carbons (Fsp3) is 0.308. The number of benzene rings is 1. The lowest BCUT2D eigenvalue weighted by Gasteiger charge is -2.00. The van der Waals surface area contributed by atoms with Gasteiger partial charge in [-0.1, -0.05) is 19.4 Å². The molecule has 2 rings (SSSR count). The van der Waals surface area contributed by atoms with Crippen LogP contribution >= 0.6 is 11.3 Å². The van der Waals surface area contributed by atoms with E-state index in [4.69, 9.17) is 0 Å². The molecule has 4 heteroatoms. The molecule has 0 aliphatic heterocycles. The average molecular weight is 251 g/mol. The quantitative estimate of drug-likeness (QED) is 0.827. The van der Waals surface area contributed by atoms with Gasteiger partial charge in [0.1, 0.15) is 5.82 Å². The van der Waals surface area contributed by atoms with Crippen molar-refractivity contribution in [1.29, 1.82) is 0 Å². The number of hydrogen-bond acceptors (Lipinski definition) is 2. The van der Waals surface area contributed by atoms with Crippen molar-refractivity contribution in [2.24, 2.45) is 0 Å². The first-order chi connectivity index (χ1) is 8.22. The fourth-order valence-corrected chi connectivity index (χ4v) is 2.59. The maximum absolute atomic E-state index is 13.4. The zero-order valence-electron chi connectivity index (χ0n) is 9.63. The van der Waals surface area contributed by atoms with E-state index in [1.807, 2.05) is 6.07 Å². The second-order valence-electron chi connectivity index (χ2n) is 3.87. The summed E-state index contributed by atoms with van der Waals surface area (Å²) in [4.78, 5) is 12.3. The predicted octanol–water partition coefficient (Wildman–Crippen LogP) is 3.57. The predicted molar refractivity (Wildman–Crippen MR) is 69.0 cm³/mol. The molecule has 0 unspecified atom stereocenters. The minimum absolute atomic E-state index is 0.112. The molecule has 0 fully saturated rings. The lowest BCUT2D eigenvalue weighted by molar-refractivity contribution is 0.0957. The Morgan fingerprint density at radius 3 is 3.00 bits per heavy atom. The number of carbonyl (C=O) groups is 1. The minimum Gasteiger partial charge on any atom is -0.351 e. The van der Waals surface area contributed by atoms with Gasteiger partial charge >= 0.3 is 0 Å². The third-order valence-corrected chi connectivity index (χ3v) is 3.65. The molecule has 0 spiro atoms. The molecule has 2 aromatic rings. The van der Waals surface area contributed by atoms with Gasteiger partial charge in [-0.25, -0.2) is 4.39 Å². The number of hydrogen-bond donors (Lipinski definition) is 1. The standard InChI is InChI=1S/C13H14FNOS/c1-2-3-7-15-13(16)12-8-9-10(14)5-4-6-11(9)17-12/h4-6,8H,2-3,7H2,1H3,(H,15,16). The molecule has 0 saturated carbocycles. The summed E-state index contributed by atoms with van der Waals surface area (Å²) in [6.07, 6.45) is 2.01. The summed E-state index contributed by atoms with van der Waals surface area (Å²) < 4.78 is 14.3. The topological polar surface area (TPSA) is 29.1 Å². The van der Waals surface area contributed by atoms with E-state index in [-0.39, 0.29) is 11.7 Å². The first kappa shape index (κ1) is 12.0. The Hall–Kier alpha value is -1.42. The van der Waals surface area contributed by atoms with Crippen molar-refractivity contribution in [2.75, 3.05) is 6.54 Å². The molecule has 0 atom stereocenters. The lowest BCUT2D eigenvalue weighted by atomic mass is 10.2. The van der Waals surface area contributed by atoms with Crippen LogP contribution in [0.3, 0.4) is 0 Å². The summed E-state index contributed by atoms with van der Waals surface area (Å²) in [6.45, 7) is 2.74. The number of fused-ring (bicyclic) bond motifs is 1. The number of carbonyl (C=O) groups excluding carboxylic acids is 1. The number of amides is 1. The van der Waals surface area contributed by atoms with Crippen molar-refractivity contribution in [3.05, 3.63) is 35.0 Å². The van der Waals surface area contributed by atoms with E-state index < -0.39 is 0 Å². The van der Waals surface area contributed by atoms with E-state index in [0.29, 0.717) is 16.8 Å². The molecular weight excluding hydrogens is 237 g/mol. The van der Waals surface area contributed by atoms with Gasteiger partial charge in [0.2, 0.25) is 0 Å². The molecule has 1 amide bonds. The molecular formula is C13H14FNOS. The van der Waals surface area contributed by atoms with Gasteiger partial charge in [0, 0.05) is 16.6 Å². The number of thiophene rings is 1. The van der Waals surface area contributed by atoms with Crippen LogP contribution < -0.4 is 5.32 Å². The van der Waals surface area contributed by atoms with Crippen molar-refractivity contribution in [3.63, 3.8) is 0 Å². The number of halogens is 1. The van der Waals surface area contributed by atoms with Crippen LogP contribution in [0, 0.1) is 5.82 Å². The number of rotatable bonds is 4. The highest BCUT2D eigenvalue weighted by Gasteiger charge is 2.11. The van der Waals surface area contributed by atoms with Gasteiger partial charge in [0.25, 0.3) is 5.91 Å². The Balaban J connectivity index is 2.19. The average Bonchev–Trinajstić information content (AvgIpc) is 2.75. The first-order valence-corrected chi connectivity index (χ1v) is 6.50. The summed E-state index contributed by atoms with van der Waals surface area (Å²) in [5, 5.41) is 3.36. The highest BCUT2D eigenvalue weighted by atomic mass is 32.1. The Labute approximate surface area is 103 Å². The van der Waals surface area contributed by atoms with Crippen molar-refractivity contribution in [1.82, 2.24) is 5.32 Å². The van der Waals surface area contributed by atoms with Crippen LogP contribution in [0.15, 0.2) is 24.3 Å². The smallest absolute Gasteiger partial charge is 0.261 e. The summed E-state index contributed by atoms with van der Waals surface area (Å²) in [6, 6.07) is 6.52. The van der Waals surface area contributed by atoms with Crippen molar-refractivity contribution in [3.8, 4) is 0 Å². The fourth-order valence-electron chi connectivity index (χ4n) is 1.60. The molecule has 90 valence electrons. The van der Waals surface area contributed by atoms with Crippen LogP contribution in [-0.2, 0) is 0 Å². The molecule has 0 bridgehead atoms. The number of unbranched alkanes of at least 4 members (excludes halogenated alkanes) is 1. The van der Waals surface area contributed by atoms with Gasteiger partial charge in [-0.2, -0.15) is 0 Å². The minimum atomic E-state index is -0.272. The zero-order valence-corrected chi connectivity index (χ0v) is 10.4. The Morgan fingerprint density at radius 1 is 1.47 bits per heavy atom. The van der Waals surface area contributed by atoms with Gasteiger partial charge in [0.15, 0.2) is 0 Å². The van der Waals surface area contributed by atoms with Gasteiger partial charge in [-0.15, -0.1) is 11.3 Å². The molecule has 0 radical (unpaired) electrons. The lowest BCUT2D eigenvalue weighted by Crippen LogP contribution is -2.23. The van der Waals surface area contributed by atoms with E-state index in [1.165, 1.54) is 17.4 Å². The third kappa shape index (κ3) is 2.64. The largest absolute Gasteiger partial charge is 0.351 e. The molecule has 17 heavy (non-hydrogen) atoms. The number of nitrogens with one attached hydrogen (secondary N) is 1. The molecule has 2 nitrogen and oxygen atoms in total. The second kappa shape index (κ2) is 5.27. The molecule has 0 saturated heterocycles. The van der Waals surface area contributed by atoms with E-state index in [1.54, 1.807) is 12.1 Å². The Kier molecular flexibility index (Phi) is 3.74. The second-order valence-corrected chi connectivity index (χ2v) is 4.96. The van der Waals surface area contributed by atoms with E-state index >= 15 is 0 Å². The maximum atomic E-state index is 13.4. The molecule has 0 aliphatic rings. The maximum Gasteiger partial charge on any atom is 0.261 e. The molecule has 0 aliphatic carbocycles. The van der Waals surface area contributed by atoms with Crippen LogP contribution in [0.1, 0.15) is 29.4 Å². The first-order valence-electron chi connectivity index (χ1n) is 5.68. The summed E-state index contributed by atoms with van der Waals surface area (Å²) >= 11 is 1.33. The van der Waals surface area contributed by atoms with Crippen LogP contribution in [0.4, 0.5) is 4.39 Å². The third-order valence-electron chi connectivity index (χ3n) is 2.55. The molecule has 1 aromatic carbocycles. The van der Waals surface area contributed by atoms with Crippen molar-refractivity contribution in [2.45, 2.75) is 19.8 Å². The van der Waals surface area contributed by atoms with E-state index in [0.717, 1.165) is 17.5 Å². The van der Waals surface area contributed by atoms with Gasteiger partial charge in [0.05, 0.1) is 4.88 Å². The van der Waals surface area contributed by atoms with E-state index in [2.05, 4.69) is 12.2 Å².